The number of hydrogen-bond donors (Lipinski definition) is 2. The lowest BCUT2D eigenvalue weighted by atomic mass is 10.1. The number of aromatic nitrogens is 2. The molecule has 1 aromatic heterocycles. The summed E-state index contributed by atoms with van der Waals surface area (Å²) >= 11 is 0. The Labute approximate surface area is 148 Å². The van der Waals surface area contributed by atoms with Gasteiger partial charge in [-0.25, -0.2) is 8.42 Å². The van der Waals surface area contributed by atoms with Crippen LogP contribution in [0.1, 0.15) is 25.3 Å². The smallest absolute Gasteiger partial charge is 0.263 e. The molecule has 0 aliphatic heterocycles. The minimum Gasteiger partial charge on any atom is -0.276 e. The maximum Gasteiger partial charge on any atom is 0.263 e. The molecule has 0 unspecified atom stereocenters. The van der Waals surface area contributed by atoms with E-state index in [1.165, 1.54) is 0 Å². The standard InChI is InChI=1S/C19H21N3O2S/c1-2-3-7-15-10-12-17(13-11-15)25(23,24)22-19-14-18(20-21-19)16-8-5-4-6-9-16/h4-6,8-14H,2-3,7H2,1H3,(H2,20,21,22). The van der Waals surface area contributed by atoms with Crippen molar-refractivity contribution in [2.45, 2.75) is 31.1 Å². The fraction of sp³-hybridized carbons (Fsp3) is 0.211. The summed E-state index contributed by atoms with van der Waals surface area (Å²) in [7, 11) is -3.65. The second-order valence-electron chi connectivity index (χ2n) is 5.89. The molecule has 1 heterocycles. The first-order valence-corrected chi connectivity index (χ1v) is 9.79. The predicted octanol–water partition coefficient (Wildman–Crippen LogP) is 4.22. The molecule has 6 heteroatoms. The summed E-state index contributed by atoms with van der Waals surface area (Å²) in [6.07, 6.45) is 3.18. The van der Waals surface area contributed by atoms with Crippen LogP contribution < -0.4 is 4.72 Å². The number of hydrogen-bond acceptors (Lipinski definition) is 3. The van der Waals surface area contributed by atoms with Crippen LogP contribution in [0.3, 0.4) is 0 Å². The molecule has 0 atom stereocenters. The van der Waals surface area contributed by atoms with Crippen LogP contribution in [0.2, 0.25) is 0 Å². The molecule has 0 bridgehead atoms. The van der Waals surface area contributed by atoms with Crippen LogP contribution in [0.15, 0.2) is 65.6 Å². The van der Waals surface area contributed by atoms with Crippen molar-refractivity contribution in [1.82, 2.24) is 10.2 Å². The van der Waals surface area contributed by atoms with E-state index in [-0.39, 0.29) is 10.7 Å². The van der Waals surface area contributed by atoms with Crippen LogP contribution in [0.4, 0.5) is 5.82 Å². The summed E-state index contributed by atoms with van der Waals surface area (Å²) in [5.74, 6) is 0.272. The van der Waals surface area contributed by atoms with Gasteiger partial charge in [0.25, 0.3) is 10.0 Å². The van der Waals surface area contributed by atoms with Crippen LogP contribution in [0.25, 0.3) is 11.3 Å². The van der Waals surface area contributed by atoms with Gasteiger partial charge in [-0.1, -0.05) is 55.8 Å². The van der Waals surface area contributed by atoms with E-state index in [1.807, 2.05) is 42.5 Å². The number of nitrogens with one attached hydrogen (secondary N) is 2. The fourth-order valence-corrected chi connectivity index (χ4v) is 3.54. The van der Waals surface area contributed by atoms with Crippen molar-refractivity contribution in [2.75, 3.05) is 4.72 Å². The lowest BCUT2D eigenvalue weighted by molar-refractivity contribution is 0.601. The summed E-state index contributed by atoms with van der Waals surface area (Å²) in [5.41, 5.74) is 2.85. The van der Waals surface area contributed by atoms with Crippen molar-refractivity contribution in [3.63, 3.8) is 0 Å². The zero-order chi connectivity index (χ0) is 17.7. The zero-order valence-electron chi connectivity index (χ0n) is 14.1. The number of unbranched alkanes of at least 4 members (excludes halogenated alkanes) is 1. The maximum atomic E-state index is 12.5. The van der Waals surface area contributed by atoms with Gasteiger partial charge in [-0.3, -0.25) is 9.82 Å². The van der Waals surface area contributed by atoms with E-state index in [0.717, 1.165) is 36.1 Å². The van der Waals surface area contributed by atoms with E-state index in [9.17, 15) is 8.42 Å². The molecule has 2 N–H and O–H groups in total. The monoisotopic (exact) mass is 355 g/mol. The van der Waals surface area contributed by atoms with Crippen molar-refractivity contribution < 1.29 is 8.42 Å². The number of sulfonamides is 1. The van der Waals surface area contributed by atoms with Crippen LogP contribution in [0, 0.1) is 0 Å². The topological polar surface area (TPSA) is 74.8 Å². The highest BCUT2D eigenvalue weighted by Crippen LogP contribution is 2.21. The van der Waals surface area contributed by atoms with Crippen LogP contribution >= 0.6 is 0 Å². The average molecular weight is 355 g/mol. The largest absolute Gasteiger partial charge is 0.276 e. The lowest BCUT2D eigenvalue weighted by Crippen LogP contribution is -2.13. The highest BCUT2D eigenvalue weighted by atomic mass is 32.2. The Kier molecular flexibility index (Phi) is 5.19. The molecule has 0 saturated carbocycles. The molecule has 130 valence electrons. The van der Waals surface area contributed by atoms with Gasteiger partial charge >= 0.3 is 0 Å². The van der Waals surface area contributed by atoms with Crippen molar-refractivity contribution in [2.24, 2.45) is 0 Å². The van der Waals surface area contributed by atoms with Gasteiger partial charge in [0.2, 0.25) is 0 Å². The normalized spacial score (nSPS) is 11.4. The number of H-pyrrole nitrogens is 1. The molecule has 0 aliphatic carbocycles. The third-order valence-electron chi connectivity index (χ3n) is 3.95. The zero-order valence-corrected chi connectivity index (χ0v) is 14.9. The van der Waals surface area contributed by atoms with Crippen molar-refractivity contribution in [3.8, 4) is 11.3 Å². The second kappa shape index (κ2) is 7.53. The van der Waals surface area contributed by atoms with E-state index >= 15 is 0 Å². The van der Waals surface area contributed by atoms with Gasteiger partial charge in [0.15, 0.2) is 5.82 Å². The molecule has 0 amide bonds. The van der Waals surface area contributed by atoms with E-state index in [2.05, 4.69) is 21.8 Å². The Morgan fingerprint density at radius 2 is 1.76 bits per heavy atom. The molecule has 3 aromatic rings. The molecule has 0 fully saturated rings. The van der Waals surface area contributed by atoms with Gasteiger partial charge in [0, 0.05) is 6.07 Å². The highest BCUT2D eigenvalue weighted by Gasteiger charge is 2.16. The number of rotatable bonds is 7. The molecule has 5 nitrogen and oxygen atoms in total. The number of nitrogens with zero attached hydrogens (tertiary/aromatic N) is 1. The molecule has 0 spiro atoms. The van der Waals surface area contributed by atoms with Gasteiger partial charge in [0.05, 0.1) is 10.6 Å². The van der Waals surface area contributed by atoms with E-state index in [1.54, 1.807) is 18.2 Å². The van der Waals surface area contributed by atoms with E-state index in [4.69, 9.17) is 0 Å². The molecule has 0 aliphatic rings. The first-order chi connectivity index (χ1) is 12.1. The van der Waals surface area contributed by atoms with Crippen LogP contribution in [-0.2, 0) is 16.4 Å². The number of aromatic amines is 1. The van der Waals surface area contributed by atoms with Crippen molar-refractivity contribution in [3.05, 3.63) is 66.2 Å². The number of anilines is 1. The van der Waals surface area contributed by atoms with E-state index < -0.39 is 10.0 Å². The minimum atomic E-state index is -3.65. The van der Waals surface area contributed by atoms with Gasteiger partial charge < -0.3 is 0 Å². The number of aryl methyl sites for hydroxylation is 1. The Hall–Kier alpha value is -2.60. The Morgan fingerprint density at radius 3 is 2.44 bits per heavy atom. The molecule has 0 radical (unpaired) electrons. The summed E-state index contributed by atoms with van der Waals surface area (Å²) in [5, 5.41) is 6.90. The van der Waals surface area contributed by atoms with Crippen molar-refractivity contribution >= 4 is 15.8 Å². The summed E-state index contributed by atoms with van der Waals surface area (Å²) in [4.78, 5) is 0.233. The molecule has 0 saturated heterocycles. The number of benzene rings is 2. The van der Waals surface area contributed by atoms with Gasteiger partial charge in [-0.15, -0.1) is 0 Å². The molecular formula is C19H21N3O2S. The van der Waals surface area contributed by atoms with Crippen LogP contribution in [-0.4, -0.2) is 18.6 Å². The minimum absolute atomic E-state index is 0.233. The van der Waals surface area contributed by atoms with Crippen LogP contribution in [0.5, 0.6) is 0 Å². The summed E-state index contributed by atoms with van der Waals surface area (Å²) in [6, 6.07) is 18.3. The molecular weight excluding hydrogens is 334 g/mol. The quantitative estimate of drug-likeness (QED) is 0.666. The third kappa shape index (κ3) is 4.28. The lowest BCUT2D eigenvalue weighted by Gasteiger charge is -2.06. The van der Waals surface area contributed by atoms with Gasteiger partial charge in [0.1, 0.15) is 0 Å². The summed E-state index contributed by atoms with van der Waals surface area (Å²) in [6.45, 7) is 2.14. The van der Waals surface area contributed by atoms with Crippen molar-refractivity contribution in [1.29, 1.82) is 0 Å². The predicted molar refractivity (Wildman–Crippen MR) is 99.9 cm³/mol. The fourth-order valence-electron chi connectivity index (χ4n) is 2.55. The Morgan fingerprint density at radius 1 is 1.04 bits per heavy atom. The second-order valence-corrected chi connectivity index (χ2v) is 7.57. The first kappa shape index (κ1) is 17.2. The van der Waals surface area contributed by atoms with Gasteiger partial charge in [-0.05, 0) is 36.1 Å². The highest BCUT2D eigenvalue weighted by molar-refractivity contribution is 7.92. The third-order valence-corrected chi connectivity index (χ3v) is 5.32. The first-order valence-electron chi connectivity index (χ1n) is 8.31. The van der Waals surface area contributed by atoms with Gasteiger partial charge in [-0.2, -0.15) is 5.10 Å². The molecule has 3 rings (SSSR count). The summed E-state index contributed by atoms with van der Waals surface area (Å²) < 4.78 is 27.5. The average Bonchev–Trinajstić information content (AvgIpc) is 3.09. The SMILES string of the molecule is CCCCc1ccc(S(=O)(=O)Nc2cc(-c3ccccc3)[nH]n2)cc1. The van der Waals surface area contributed by atoms with E-state index in [0.29, 0.717) is 0 Å². The maximum absolute atomic E-state index is 12.5. The Bertz CT molecular complexity index is 917. The Balaban J connectivity index is 1.74. The molecule has 25 heavy (non-hydrogen) atoms. The molecule has 2 aromatic carbocycles.